The number of rotatable bonds is 0. The third-order valence-electron chi connectivity index (χ3n) is 6.80. The maximum atomic E-state index is 5.08. The lowest BCUT2D eigenvalue weighted by Crippen LogP contribution is -2.13. The van der Waals surface area contributed by atoms with Gasteiger partial charge in [-0.1, -0.05) is 20.8 Å². The van der Waals surface area contributed by atoms with Gasteiger partial charge in [0.1, 0.15) is 5.65 Å². The Morgan fingerprint density at radius 2 is 1.67 bits per heavy atom. The second-order valence-electron chi connectivity index (χ2n) is 9.61. The summed E-state index contributed by atoms with van der Waals surface area (Å²) in [6.07, 6.45) is 4.07. The fourth-order valence-corrected chi connectivity index (χ4v) is 5.40. The van der Waals surface area contributed by atoms with E-state index >= 15 is 0 Å². The van der Waals surface area contributed by atoms with Gasteiger partial charge in [-0.05, 0) is 79.5 Å². The van der Waals surface area contributed by atoms with Crippen LogP contribution in [0.4, 0.5) is 0 Å². The number of hydrogen-bond donors (Lipinski definition) is 0. The molecule has 3 heterocycles. The topological polar surface area (TPSA) is 30.2 Å². The Morgan fingerprint density at radius 1 is 0.926 bits per heavy atom. The van der Waals surface area contributed by atoms with Crippen LogP contribution >= 0.6 is 0 Å². The zero-order chi connectivity index (χ0) is 18.5. The fraction of sp³-hybridized carbons (Fsp3) is 0.417. The zero-order valence-electron chi connectivity index (χ0n) is 16.5. The van der Waals surface area contributed by atoms with Gasteiger partial charge in [0.25, 0.3) is 0 Å². The molecule has 1 aromatic carbocycles. The molecule has 136 valence electrons. The molecule has 4 aromatic rings. The van der Waals surface area contributed by atoms with Crippen molar-refractivity contribution in [2.45, 2.75) is 64.2 Å². The van der Waals surface area contributed by atoms with Crippen molar-refractivity contribution in [1.29, 1.82) is 0 Å². The molecule has 2 bridgehead atoms. The van der Waals surface area contributed by atoms with E-state index in [1.165, 1.54) is 30.5 Å². The minimum Gasteiger partial charge on any atom is -0.296 e. The van der Waals surface area contributed by atoms with E-state index in [-0.39, 0.29) is 5.41 Å². The minimum atomic E-state index is 0.0500. The number of aryl methyl sites for hydroxylation is 1. The molecular weight excluding hydrogens is 330 g/mol. The normalized spacial score (nSPS) is 21.6. The first kappa shape index (κ1) is 15.6. The average Bonchev–Trinajstić information content (AvgIpc) is 3.31. The van der Waals surface area contributed by atoms with Crippen molar-refractivity contribution < 1.29 is 0 Å². The van der Waals surface area contributed by atoms with Crippen molar-refractivity contribution in [3.8, 4) is 0 Å². The summed E-state index contributed by atoms with van der Waals surface area (Å²) in [4.78, 5) is 10.1. The summed E-state index contributed by atoms with van der Waals surface area (Å²) in [7, 11) is 0. The molecule has 1 saturated carbocycles. The van der Waals surface area contributed by atoms with Crippen LogP contribution in [0.2, 0.25) is 0 Å². The summed E-state index contributed by atoms with van der Waals surface area (Å²) in [5, 5.41) is 1.15. The van der Waals surface area contributed by atoms with Crippen LogP contribution in [0, 0.1) is 6.92 Å². The van der Waals surface area contributed by atoms with Gasteiger partial charge in [-0.25, -0.2) is 4.98 Å². The van der Waals surface area contributed by atoms with Gasteiger partial charge in [-0.2, -0.15) is 0 Å². The van der Waals surface area contributed by atoms with Gasteiger partial charge in [-0.3, -0.25) is 9.38 Å². The van der Waals surface area contributed by atoms with E-state index in [9.17, 15) is 0 Å². The van der Waals surface area contributed by atoms with Gasteiger partial charge in [0.2, 0.25) is 0 Å². The van der Waals surface area contributed by atoms with E-state index in [1.807, 2.05) is 0 Å². The highest BCUT2D eigenvalue weighted by atomic mass is 15.0. The molecule has 2 unspecified atom stereocenters. The van der Waals surface area contributed by atoms with E-state index in [0.717, 1.165) is 39.6 Å². The van der Waals surface area contributed by atoms with Crippen molar-refractivity contribution in [3.05, 3.63) is 52.8 Å². The largest absolute Gasteiger partial charge is 0.296 e. The Balaban J connectivity index is 1.68. The quantitative estimate of drug-likeness (QED) is 0.387. The molecule has 27 heavy (non-hydrogen) atoms. The van der Waals surface area contributed by atoms with Crippen molar-refractivity contribution in [2.24, 2.45) is 0 Å². The van der Waals surface area contributed by atoms with Crippen LogP contribution in [-0.4, -0.2) is 14.4 Å². The highest BCUT2D eigenvalue weighted by Gasteiger charge is 2.37. The Kier molecular flexibility index (Phi) is 2.83. The Hall–Kier alpha value is -2.42. The average molecular weight is 355 g/mol. The number of benzene rings is 1. The molecule has 0 spiro atoms. The predicted molar refractivity (Wildman–Crippen MR) is 111 cm³/mol. The van der Waals surface area contributed by atoms with E-state index < -0.39 is 0 Å². The van der Waals surface area contributed by atoms with Gasteiger partial charge < -0.3 is 0 Å². The molecule has 2 atom stereocenters. The molecule has 3 aromatic heterocycles. The number of imidazole rings is 1. The number of nitrogens with zero attached hydrogens (tertiary/aromatic N) is 3. The fourth-order valence-electron chi connectivity index (χ4n) is 5.40. The lowest BCUT2D eigenvalue weighted by atomic mass is 9.91. The van der Waals surface area contributed by atoms with Crippen LogP contribution in [0.3, 0.4) is 0 Å². The SMILES string of the molecule is Cc1cc2nc(C(C)(C)C)ccc2c2nc3cc4c(cc3n12)C1CCC4C1. The van der Waals surface area contributed by atoms with Gasteiger partial charge in [0.15, 0.2) is 0 Å². The highest BCUT2D eigenvalue weighted by Crippen LogP contribution is 2.53. The lowest BCUT2D eigenvalue weighted by Gasteiger charge is -2.18. The molecule has 0 aliphatic heterocycles. The molecule has 6 rings (SSSR count). The molecule has 2 aliphatic carbocycles. The zero-order valence-corrected chi connectivity index (χ0v) is 16.5. The first-order valence-electron chi connectivity index (χ1n) is 10.2. The van der Waals surface area contributed by atoms with Gasteiger partial charge in [0.05, 0.1) is 16.6 Å². The molecule has 0 amide bonds. The second-order valence-corrected chi connectivity index (χ2v) is 9.61. The highest BCUT2D eigenvalue weighted by molar-refractivity contribution is 5.97. The third-order valence-corrected chi connectivity index (χ3v) is 6.80. The standard InChI is InChI=1S/C24H25N3/c1-13-9-19-16(7-8-22(25-19)24(2,3)4)23-26-20-11-17-14-5-6-15(10-14)18(17)12-21(20)27(13)23/h7-9,11-12,14-15H,5-6,10H2,1-4H3. The number of pyridine rings is 2. The summed E-state index contributed by atoms with van der Waals surface area (Å²) in [6.45, 7) is 8.82. The maximum Gasteiger partial charge on any atom is 0.147 e. The van der Waals surface area contributed by atoms with E-state index in [2.05, 4.69) is 62.4 Å². The first-order chi connectivity index (χ1) is 12.9. The summed E-state index contributed by atoms with van der Waals surface area (Å²) in [5.41, 5.74) is 10.0. The first-order valence-corrected chi connectivity index (χ1v) is 10.2. The van der Waals surface area contributed by atoms with Gasteiger partial charge in [0, 0.05) is 22.2 Å². The molecular formula is C24H25N3. The van der Waals surface area contributed by atoms with E-state index in [4.69, 9.17) is 9.97 Å². The van der Waals surface area contributed by atoms with Crippen molar-refractivity contribution in [2.75, 3.05) is 0 Å². The van der Waals surface area contributed by atoms with Crippen LogP contribution in [0.15, 0.2) is 30.3 Å². The molecule has 3 heteroatoms. The van der Waals surface area contributed by atoms with Crippen molar-refractivity contribution in [3.63, 3.8) is 0 Å². The molecule has 0 radical (unpaired) electrons. The Labute approximate surface area is 159 Å². The van der Waals surface area contributed by atoms with Crippen LogP contribution in [0.5, 0.6) is 0 Å². The smallest absolute Gasteiger partial charge is 0.147 e. The third kappa shape index (κ3) is 2.03. The second kappa shape index (κ2) is 4.89. The number of fused-ring (bicyclic) bond motifs is 10. The Morgan fingerprint density at radius 3 is 2.41 bits per heavy atom. The molecule has 0 N–H and O–H groups in total. The summed E-state index contributed by atoms with van der Waals surface area (Å²) in [6, 6.07) is 11.4. The van der Waals surface area contributed by atoms with Gasteiger partial charge in [-0.15, -0.1) is 0 Å². The summed E-state index contributed by atoms with van der Waals surface area (Å²) < 4.78 is 2.34. The molecule has 2 aliphatic rings. The molecule has 1 fully saturated rings. The maximum absolute atomic E-state index is 5.08. The number of aromatic nitrogens is 3. The van der Waals surface area contributed by atoms with Crippen LogP contribution < -0.4 is 0 Å². The van der Waals surface area contributed by atoms with Crippen LogP contribution in [-0.2, 0) is 5.41 Å². The Bertz CT molecular complexity index is 1260. The monoisotopic (exact) mass is 355 g/mol. The molecule has 3 nitrogen and oxygen atoms in total. The van der Waals surface area contributed by atoms with E-state index in [1.54, 1.807) is 11.1 Å². The summed E-state index contributed by atoms with van der Waals surface area (Å²) in [5.74, 6) is 1.55. The molecule has 0 saturated heterocycles. The van der Waals surface area contributed by atoms with Crippen LogP contribution in [0.1, 0.15) is 74.4 Å². The predicted octanol–water partition coefficient (Wildman–Crippen LogP) is 6.01. The minimum absolute atomic E-state index is 0.0500. The van der Waals surface area contributed by atoms with Crippen LogP contribution in [0.25, 0.3) is 27.6 Å². The summed E-state index contributed by atoms with van der Waals surface area (Å²) >= 11 is 0. The van der Waals surface area contributed by atoms with Crippen molar-refractivity contribution >= 4 is 27.6 Å². The lowest BCUT2D eigenvalue weighted by molar-refractivity contribution is 0.571. The van der Waals surface area contributed by atoms with Gasteiger partial charge >= 0.3 is 0 Å². The van der Waals surface area contributed by atoms with E-state index in [0.29, 0.717) is 0 Å². The number of hydrogen-bond acceptors (Lipinski definition) is 2. The van der Waals surface area contributed by atoms with Crippen molar-refractivity contribution in [1.82, 2.24) is 14.4 Å².